The van der Waals surface area contributed by atoms with Crippen LogP contribution >= 0.6 is 0 Å². The van der Waals surface area contributed by atoms with Crippen molar-refractivity contribution in [1.82, 2.24) is 0 Å². The predicted octanol–water partition coefficient (Wildman–Crippen LogP) is 2.67. The number of Topliss-reactive ketones (excluding diaryl/α,β-unsaturated/α-hetero) is 2. The maximum absolute atomic E-state index is 11.3. The lowest BCUT2D eigenvalue weighted by molar-refractivity contribution is -0.117. The van der Waals surface area contributed by atoms with Crippen LogP contribution in [0.3, 0.4) is 0 Å². The number of hydrogen-bond acceptors (Lipinski definition) is 3. The van der Waals surface area contributed by atoms with Gasteiger partial charge in [-0.05, 0) is 32.4 Å². The largest absolute Gasteiger partial charge is 0.384 e. The molecular weight excluding hydrogens is 202 g/mol. The highest BCUT2D eigenvalue weighted by Crippen LogP contribution is 2.15. The van der Waals surface area contributed by atoms with Crippen LogP contribution in [-0.4, -0.2) is 18.1 Å². The lowest BCUT2D eigenvalue weighted by Gasteiger charge is -2.09. The fraction of sp³-hybridized carbons (Fsp3) is 0.385. The van der Waals surface area contributed by atoms with Gasteiger partial charge in [0, 0.05) is 24.2 Å². The van der Waals surface area contributed by atoms with Crippen molar-refractivity contribution < 1.29 is 9.59 Å². The minimum Gasteiger partial charge on any atom is -0.384 e. The van der Waals surface area contributed by atoms with E-state index in [1.54, 1.807) is 19.9 Å². The Kier molecular flexibility index (Phi) is 4.70. The van der Waals surface area contributed by atoms with Gasteiger partial charge in [-0.15, -0.1) is 0 Å². The predicted molar refractivity (Wildman–Crippen MR) is 64.9 cm³/mol. The summed E-state index contributed by atoms with van der Waals surface area (Å²) >= 11 is 0. The van der Waals surface area contributed by atoms with Crippen LogP contribution in [0.5, 0.6) is 0 Å². The van der Waals surface area contributed by atoms with Crippen LogP contribution in [0.25, 0.3) is 0 Å². The molecule has 0 aromatic heterocycles. The topological polar surface area (TPSA) is 46.2 Å². The lowest BCUT2D eigenvalue weighted by atomic mass is 10.1. The van der Waals surface area contributed by atoms with E-state index in [4.69, 9.17) is 0 Å². The van der Waals surface area contributed by atoms with Gasteiger partial charge >= 0.3 is 0 Å². The van der Waals surface area contributed by atoms with Crippen LogP contribution in [0.1, 0.15) is 37.0 Å². The Morgan fingerprint density at radius 3 is 2.50 bits per heavy atom. The van der Waals surface area contributed by atoms with Gasteiger partial charge in [0.1, 0.15) is 5.78 Å². The highest BCUT2D eigenvalue weighted by molar-refractivity contribution is 5.99. The minimum absolute atomic E-state index is 0.0506. The fourth-order valence-electron chi connectivity index (χ4n) is 1.50. The van der Waals surface area contributed by atoms with E-state index in [1.165, 1.54) is 0 Å². The van der Waals surface area contributed by atoms with Crippen molar-refractivity contribution >= 4 is 17.3 Å². The Bertz CT molecular complexity index is 385. The van der Waals surface area contributed by atoms with Crippen molar-refractivity contribution in [1.29, 1.82) is 0 Å². The number of hydrogen-bond donors (Lipinski definition) is 1. The Balaban J connectivity index is 2.53. The smallest absolute Gasteiger partial charge is 0.161 e. The minimum atomic E-state index is 0.0506. The Hall–Kier alpha value is -1.64. The van der Waals surface area contributed by atoms with Gasteiger partial charge in [-0.1, -0.05) is 12.1 Å². The average Bonchev–Trinajstić information content (AvgIpc) is 2.24. The van der Waals surface area contributed by atoms with Gasteiger partial charge in [0.05, 0.1) is 0 Å². The van der Waals surface area contributed by atoms with E-state index in [0.717, 1.165) is 12.1 Å². The van der Waals surface area contributed by atoms with E-state index < -0.39 is 0 Å². The number of nitrogens with one attached hydrogen (secondary N) is 1. The van der Waals surface area contributed by atoms with Crippen molar-refractivity contribution in [2.75, 3.05) is 11.9 Å². The normalized spacial score (nSPS) is 9.88. The first kappa shape index (κ1) is 12.4. The monoisotopic (exact) mass is 219 g/mol. The quantitative estimate of drug-likeness (QED) is 0.591. The summed E-state index contributed by atoms with van der Waals surface area (Å²) in [5.74, 6) is 0.247. The second kappa shape index (κ2) is 6.05. The van der Waals surface area contributed by atoms with Crippen molar-refractivity contribution in [2.24, 2.45) is 0 Å². The number of anilines is 1. The molecule has 86 valence electrons. The summed E-state index contributed by atoms with van der Waals surface area (Å²) in [6.45, 7) is 3.85. The highest BCUT2D eigenvalue weighted by atomic mass is 16.1. The molecular formula is C13H17NO2. The Morgan fingerprint density at radius 1 is 1.19 bits per heavy atom. The van der Waals surface area contributed by atoms with Crippen LogP contribution in [0.4, 0.5) is 5.69 Å². The number of benzene rings is 1. The van der Waals surface area contributed by atoms with E-state index >= 15 is 0 Å². The summed E-state index contributed by atoms with van der Waals surface area (Å²) in [4.78, 5) is 22.1. The van der Waals surface area contributed by atoms with Crippen molar-refractivity contribution in [2.45, 2.75) is 26.7 Å². The van der Waals surface area contributed by atoms with E-state index in [-0.39, 0.29) is 11.6 Å². The molecule has 1 aromatic rings. The molecule has 0 aliphatic rings. The highest BCUT2D eigenvalue weighted by Gasteiger charge is 2.04. The molecule has 3 heteroatoms. The zero-order chi connectivity index (χ0) is 12.0. The number of rotatable bonds is 6. The molecule has 0 radical (unpaired) electrons. The molecule has 0 atom stereocenters. The third-order valence-electron chi connectivity index (χ3n) is 2.33. The van der Waals surface area contributed by atoms with Crippen molar-refractivity contribution in [3.63, 3.8) is 0 Å². The Morgan fingerprint density at radius 2 is 1.88 bits per heavy atom. The van der Waals surface area contributed by atoms with Gasteiger partial charge in [0.2, 0.25) is 0 Å². The van der Waals surface area contributed by atoms with E-state index in [2.05, 4.69) is 5.32 Å². The molecule has 0 aliphatic carbocycles. The van der Waals surface area contributed by atoms with Gasteiger partial charge in [-0.2, -0.15) is 0 Å². The van der Waals surface area contributed by atoms with Crippen LogP contribution in [0.15, 0.2) is 24.3 Å². The SMILES string of the molecule is CC(=O)CCCNc1ccccc1C(C)=O. The zero-order valence-corrected chi connectivity index (χ0v) is 9.75. The average molecular weight is 219 g/mol. The van der Waals surface area contributed by atoms with Crippen LogP contribution in [0.2, 0.25) is 0 Å². The maximum Gasteiger partial charge on any atom is 0.161 e. The fourth-order valence-corrected chi connectivity index (χ4v) is 1.50. The summed E-state index contributed by atoms with van der Waals surface area (Å²) in [5.41, 5.74) is 1.55. The van der Waals surface area contributed by atoms with Gasteiger partial charge < -0.3 is 10.1 Å². The third kappa shape index (κ3) is 3.85. The molecule has 0 amide bonds. The summed E-state index contributed by atoms with van der Waals surface area (Å²) in [5, 5.41) is 3.18. The first-order valence-electron chi connectivity index (χ1n) is 5.44. The van der Waals surface area contributed by atoms with Gasteiger partial charge in [-0.3, -0.25) is 4.79 Å². The molecule has 0 fully saturated rings. The van der Waals surface area contributed by atoms with Crippen LogP contribution in [0, 0.1) is 0 Å². The molecule has 0 saturated carbocycles. The number of carbonyl (C=O) groups is 2. The van der Waals surface area contributed by atoms with Crippen LogP contribution < -0.4 is 5.32 Å². The Labute approximate surface area is 95.9 Å². The summed E-state index contributed by atoms with van der Waals surface area (Å²) in [7, 11) is 0. The van der Waals surface area contributed by atoms with E-state index in [9.17, 15) is 9.59 Å². The number of ketones is 2. The lowest BCUT2D eigenvalue weighted by Crippen LogP contribution is -2.07. The summed E-state index contributed by atoms with van der Waals surface area (Å²) in [6, 6.07) is 7.41. The molecule has 16 heavy (non-hydrogen) atoms. The first-order valence-corrected chi connectivity index (χ1v) is 5.44. The number of para-hydroxylation sites is 1. The van der Waals surface area contributed by atoms with Crippen molar-refractivity contribution in [3.05, 3.63) is 29.8 Å². The first-order chi connectivity index (χ1) is 7.61. The molecule has 3 nitrogen and oxygen atoms in total. The van der Waals surface area contributed by atoms with E-state index in [0.29, 0.717) is 18.5 Å². The standard InChI is InChI=1S/C13H17NO2/c1-10(15)6-5-9-14-13-8-4-3-7-12(13)11(2)16/h3-4,7-8,14H,5-6,9H2,1-2H3. The molecule has 0 aliphatic heterocycles. The third-order valence-corrected chi connectivity index (χ3v) is 2.33. The second-order valence-corrected chi connectivity index (χ2v) is 3.83. The van der Waals surface area contributed by atoms with E-state index in [1.807, 2.05) is 18.2 Å². The molecule has 0 spiro atoms. The van der Waals surface area contributed by atoms with Crippen LogP contribution in [-0.2, 0) is 4.79 Å². The number of carbonyl (C=O) groups excluding carboxylic acids is 2. The zero-order valence-electron chi connectivity index (χ0n) is 9.75. The van der Waals surface area contributed by atoms with Crippen molar-refractivity contribution in [3.8, 4) is 0 Å². The maximum atomic E-state index is 11.3. The second-order valence-electron chi connectivity index (χ2n) is 3.83. The molecule has 1 N–H and O–H groups in total. The van der Waals surface area contributed by atoms with Gasteiger partial charge in [0.25, 0.3) is 0 Å². The molecule has 0 saturated heterocycles. The van der Waals surface area contributed by atoms with Gasteiger partial charge in [-0.25, -0.2) is 0 Å². The summed E-state index contributed by atoms with van der Waals surface area (Å²) < 4.78 is 0. The molecule has 1 aromatic carbocycles. The molecule has 1 rings (SSSR count). The molecule has 0 bridgehead atoms. The summed E-state index contributed by atoms with van der Waals surface area (Å²) in [6.07, 6.45) is 1.37. The van der Waals surface area contributed by atoms with Gasteiger partial charge in [0.15, 0.2) is 5.78 Å². The molecule has 0 heterocycles. The molecule has 0 unspecified atom stereocenters.